The Labute approximate surface area is 165 Å². The summed E-state index contributed by atoms with van der Waals surface area (Å²) < 4.78 is 0.923. The van der Waals surface area contributed by atoms with Gasteiger partial charge in [0, 0.05) is 25.2 Å². The Balaban J connectivity index is 2.07. The van der Waals surface area contributed by atoms with E-state index in [-0.39, 0.29) is 6.03 Å². The van der Waals surface area contributed by atoms with Gasteiger partial charge in [0.15, 0.2) is 0 Å². The second-order valence-corrected chi connectivity index (χ2v) is 9.33. The molecule has 1 aliphatic carbocycles. The van der Waals surface area contributed by atoms with Gasteiger partial charge in [0.05, 0.1) is 27.7 Å². The number of hydrogen-bond acceptors (Lipinski definition) is 1. The summed E-state index contributed by atoms with van der Waals surface area (Å²) in [5.74, 6) is 1.63. The van der Waals surface area contributed by atoms with E-state index in [2.05, 4.69) is 53.3 Å². The van der Waals surface area contributed by atoms with Crippen LogP contribution in [0, 0.1) is 17.8 Å². The number of rotatable bonds is 7. The molecule has 0 unspecified atom stereocenters. The topological polar surface area (TPSA) is 32.3 Å². The number of allylic oxidation sites excluding steroid dienone is 2. The lowest BCUT2D eigenvalue weighted by Crippen LogP contribution is -2.44. The zero-order valence-electron chi connectivity index (χ0n) is 18.0. The third-order valence-corrected chi connectivity index (χ3v) is 5.60. The molecule has 1 aromatic rings. The van der Waals surface area contributed by atoms with E-state index in [0.717, 1.165) is 42.6 Å². The molecule has 1 aromatic carbocycles. The first-order valence-corrected chi connectivity index (χ1v) is 10.2. The smallest absolute Gasteiger partial charge is 0.321 e. The molecule has 0 fully saturated rings. The molecule has 0 saturated heterocycles. The minimum absolute atomic E-state index is 0.0216. The Morgan fingerprint density at radius 2 is 1.85 bits per heavy atom. The van der Waals surface area contributed by atoms with E-state index in [0.29, 0.717) is 17.8 Å². The summed E-state index contributed by atoms with van der Waals surface area (Å²) in [6, 6.07) is 9.79. The van der Waals surface area contributed by atoms with Gasteiger partial charge in [0.1, 0.15) is 0 Å². The van der Waals surface area contributed by atoms with Crippen molar-refractivity contribution in [2.75, 3.05) is 46.1 Å². The summed E-state index contributed by atoms with van der Waals surface area (Å²) in [4.78, 5) is 15.1. The van der Waals surface area contributed by atoms with Crippen molar-refractivity contribution < 1.29 is 9.28 Å². The fourth-order valence-electron chi connectivity index (χ4n) is 4.15. The first-order chi connectivity index (χ1) is 12.7. The molecule has 1 aliphatic rings. The molecule has 0 aliphatic heterocycles. The Bertz CT molecular complexity index is 633. The van der Waals surface area contributed by atoms with Gasteiger partial charge in [-0.15, -0.1) is 0 Å². The number of nitrogens with zero attached hydrogens (tertiary/aromatic N) is 2. The minimum atomic E-state index is 0.0216. The average Bonchev–Trinajstić information content (AvgIpc) is 2.56. The number of hydrogen-bond donors (Lipinski definition) is 1. The van der Waals surface area contributed by atoms with Crippen LogP contribution >= 0.6 is 0 Å². The summed E-state index contributed by atoms with van der Waals surface area (Å²) in [5, 5.41) is 3.08. The normalized spacial score (nSPS) is 22.9. The number of nitrogens with one attached hydrogen (secondary N) is 1. The molecule has 0 radical (unpaired) electrons. The molecule has 0 saturated carbocycles. The average molecular weight is 373 g/mol. The predicted octanol–water partition coefficient (Wildman–Crippen LogP) is 4.86. The van der Waals surface area contributed by atoms with Gasteiger partial charge in [-0.1, -0.05) is 43.7 Å². The molecule has 0 spiro atoms. The van der Waals surface area contributed by atoms with Crippen LogP contribution in [-0.2, 0) is 0 Å². The first-order valence-electron chi connectivity index (χ1n) is 10.2. The van der Waals surface area contributed by atoms with Crippen molar-refractivity contribution in [2.45, 2.75) is 33.6 Å². The molecule has 27 heavy (non-hydrogen) atoms. The molecule has 4 heteroatoms. The molecule has 0 bridgehead atoms. The summed E-state index contributed by atoms with van der Waals surface area (Å²) >= 11 is 0. The highest BCUT2D eigenvalue weighted by Crippen LogP contribution is 2.34. The minimum Gasteiger partial charge on any atom is -0.331 e. The molecule has 2 amide bonds. The van der Waals surface area contributed by atoms with Crippen molar-refractivity contribution in [2.24, 2.45) is 17.8 Å². The Morgan fingerprint density at radius 3 is 2.44 bits per heavy atom. The number of urea groups is 1. The zero-order chi connectivity index (χ0) is 20.0. The monoisotopic (exact) mass is 372 g/mol. The maximum atomic E-state index is 13.0. The summed E-state index contributed by atoms with van der Waals surface area (Å²) in [6.45, 7) is 9.53. The van der Waals surface area contributed by atoms with Crippen molar-refractivity contribution in [1.29, 1.82) is 0 Å². The second kappa shape index (κ2) is 9.41. The predicted molar refractivity (Wildman–Crippen MR) is 115 cm³/mol. The lowest BCUT2D eigenvalue weighted by molar-refractivity contribution is -0.870. The van der Waals surface area contributed by atoms with Gasteiger partial charge in [-0.3, -0.25) is 0 Å². The van der Waals surface area contributed by atoms with Crippen LogP contribution in [0.1, 0.15) is 33.6 Å². The van der Waals surface area contributed by atoms with Gasteiger partial charge in [-0.25, -0.2) is 4.79 Å². The molecular formula is C23H38N3O+. The van der Waals surface area contributed by atoms with Crippen LogP contribution in [0.5, 0.6) is 0 Å². The summed E-state index contributed by atoms with van der Waals surface area (Å²) in [6.07, 6.45) is 4.54. The van der Waals surface area contributed by atoms with Crippen LogP contribution in [-0.4, -0.2) is 56.2 Å². The highest BCUT2D eigenvalue weighted by atomic mass is 16.2. The maximum absolute atomic E-state index is 13.0. The van der Waals surface area contributed by atoms with Gasteiger partial charge in [0.2, 0.25) is 0 Å². The molecule has 0 heterocycles. The molecule has 150 valence electrons. The van der Waals surface area contributed by atoms with E-state index < -0.39 is 0 Å². The Morgan fingerprint density at radius 1 is 1.19 bits per heavy atom. The summed E-state index contributed by atoms with van der Waals surface area (Å²) in [5.41, 5.74) is 2.34. The number of amides is 2. The molecule has 4 nitrogen and oxygen atoms in total. The summed E-state index contributed by atoms with van der Waals surface area (Å²) in [7, 11) is 6.60. The van der Waals surface area contributed by atoms with E-state index >= 15 is 0 Å². The number of carbonyl (C=O) groups is 1. The van der Waals surface area contributed by atoms with Crippen molar-refractivity contribution in [1.82, 2.24) is 4.90 Å². The van der Waals surface area contributed by atoms with E-state index in [4.69, 9.17) is 0 Å². The van der Waals surface area contributed by atoms with Crippen LogP contribution in [0.2, 0.25) is 0 Å². The van der Waals surface area contributed by atoms with Gasteiger partial charge in [-0.2, -0.15) is 0 Å². The number of para-hydroxylation sites is 1. The lowest BCUT2D eigenvalue weighted by Gasteiger charge is -2.37. The molecule has 3 atom stereocenters. The Kier molecular flexibility index (Phi) is 7.49. The number of anilines is 1. The fraction of sp³-hybridized carbons (Fsp3) is 0.609. The zero-order valence-corrected chi connectivity index (χ0v) is 18.0. The van der Waals surface area contributed by atoms with Crippen molar-refractivity contribution in [3.63, 3.8) is 0 Å². The standard InChI is InChI=1S/C23H37N3O/c1-18-15-19(2)22(20(3)16-18)17-25(13-10-14-26(4,5)6)23(27)24-21-11-8-7-9-12-21/h7-9,11-12,15,19-20,22H,10,13-14,16-17H2,1-6H3/p+1/t19-,20-,22+/m0/s1. The molecule has 2 rings (SSSR count). The number of carbonyl (C=O) groups excluding carboxylic acids is 1. The molecule has 1 N–H and O–H groups in total. The second-order valence-electron chi connectivity index (χ2n) is 9.33. The maximum Gasteiger partial charge on any atom is 0.321 e. The van der Waals surface area contributed by atoms with Crippen LogP contribution in [0.25, 0.3) is 0 Å². The SMILES string of the molecule is CC1=C[C@H](C)[C@@H](CN(CCC[N+](C)(C)C)C(=O)Nc2ccccc2)[C@@H](C)C1. The van der Waals surface area contributed by atoms with Gasteiger partial charge < -0.3 is 14.7 Å². The highest BCUT2D eigenvalue weighted by molar-refractivity contribution is 5.89. The van der Waals surface area contributed by atoms with Crippen molar-refractivity contribution >= 4 is 11.7 Å². The fourth-order valence-corrected chi connectivity index (χ4v) is 4.15. The molecular weight excluding hydrogens is 334 g/mol. The van der Waals surface area contributed by atoms with Crippen molar-refractivity contribution in [3.05, 3.63) is 42.0 Å². The van der Waals surface area contributed by atoms with Crippen LogP contribution in [0.4, 0.5) is 10.5 Å². The van der Waals surface area contributed by atoms with Crippen molar-refractivity contribution in [3.8, 4) is 0 Å². The van der Waals surface area contributed by atoms with E-state index in [1.54, 1.807) is 0 Å². The van der Waals surface area contributed by atoms with E-state index in [1.807, 2.05) is 35.2 Å². The van der Waals surface area contributed by atoms with Gasteiger partial charge >= 0.3 is 6.03 Å². The quantitative estimate of drug-likeness (QED) is 0.538. The highest BCUT2D eigenvalue weighted by Gasteiger charge is 2.30. The number of benzene rings is 1. The first kappa shape index (κ1) is 21.5. The lowest BCUT2D eigenvalue weighted by atomic mass is 9.75. The third kappa shape index (κ3) is 7.02. The van der Waals surface area contributed by atoms with Crippen LogP contribution < -0.4 is 5.32 Å². The van der Waals surface area contributed by atoms with E-state index in [1.165, 1.54) is 5.57 Å². The van der Waals surface area contributed by atoms with Crippen LogP contribution in [0.3, 0.4) is 0 Å². The third-order valence-electron chi connectivity index (χ3n) is 5.60. The Hall–Kier alpha value is -1.81. The van der Waals surface area contributed by atoms with Gasteiger partial charge in [-0.05, 0) is 43.2 Å². The largest absolute Gasteiger partial charge is 0.331 e. The van der Waals surface area contributed by atoms with E-state index in [9.17, 15) is 4.79 Å². The van der Waals surface area contributed by atoms with Gasteiger partial charge in [0.25, 0.3) is 0 Å². The number of quaternary nitrogens is 1. The van der Waals surface area contributed by atoms with Crippen LogP contribution in [0.15, 0.2) is 42.0 Å². The molecule has 0 aromatic heterocycles.